The van der Waals surface area contributed by atoms with Gasteiger partial charge in [0.25, 0.3) is 0 Å². The normalized spacial score (nSPS) is 12.9. The molecule has 0 spiro atoms. The molecule has 2 heteroatoms. The molecule has 1 heterocycles. The third kappa shape index (κ3) is 5.29. The van der Waals surface area contributed by atoms with Crippen molar-refractivity contribution in [1.29, 1.82) is 0 Å². The molecular weight excluding hydrogens is 659 g/mol. The summed E-state index contributed by atoms with van der Waals surface area (Å²) in [5, 5.41) is 3.86. The highest BCUT2D eigenvalue weighted by atomic mass is 32.1. The molecule has 0 atom stereocenters. The Morgan fingerprint density at radius 2 is 0.981 bits per heavy atom. The molecular formula is C51H37NS. The van der Waals surface area contributed by atoms with Crippen LogP contribution in [-0.4, -0.2) is 0 Å². The maximum Gasteiger partial charge on any atom is 0.0468 e. The summed E-state index contributed by atoms with van der Waals surface area (Å²) in [6.45, 7) is 4.77. The van der Waals surface area contributed by atoms with E-state index in [4.69, 9.17) is 0 Å². The van der Waals surface area contributed by atoms with Crippen molar-refractivity contribution in [3.05, 3.63) is 199 Å². The minimum Gasteiger partial charge on any atom is -0.310 e. The summed E-state index contributed by atoms with van der Waals surface area (Å²) in [5.74, 6) is 0. The minimum atomic E-state index is -0.0351. The fraction of sp³-hybridized carbons (Fsp3) is 0.0588. The van der Waals surface area contributed by atoms with Crippen molar-refractivity contribution in [2.24, 2.45) is 0 Å². The molecule has 1 aromatic heterocycles. The molecule has 1 nitrogen and oxygen atoms in total. The zero-order valence-electron chi connectivity index (χ0n) is 29.8. The molecule has 1 aliphatic carbocycles. The Kier molecular flexibility index (Phi) is 7.42. The van der Waals surface area contributed by atoms with E-state index in [9.17, 15) is 0 Å². The van der Waals surface area contributed by atoms with Crippen molar-refractivity contribution in [2.75, 3.05) is 4.90 Å². The number of thiophene rings is 1. The summed E-state index contributed by atoms with van der Waals surface area (Å²) < 4.78 is 1.37. The summed E-state index contributed by atoms with van der Waals surface area (Å²) in [6, 6.07) is 68.7. The number of benzene rings is 8. The SMILES string of the molecule is CC1(C)c2cccc(-c3ccc(-c4ccc(N(c5ccc(-c6ccccc6)cc5)c5ccc6ccccc6c5)cc4)cc3)c2-c2sc3ccccc3c21. The van der Waals surface area contributed by atoms with Gasteiger partial charge in [0.1, 0.15) is 0 Å². The van der Waals surface area contributed by atoms with Crippen LogP contribution in [0.5, 0.6) is 0 Å². The van der Waals surface area contributed by atoms with E-state index in [1.807, 2.05) is 11.3 Å². The minimum absolute atomic E-state index is 0.0351. The van der Waals surface area contributed by atoms with Crippen LogP contribution in [0.4, 0.5) is 17.1 Å². The van der Waals surface area contributed by atoms with Gasteiger partial charge in [-0.1, -0.05) is 159 Å². The van der Waals surface area contributed by atoms with E-state index in [-0.39, 0.29) is 5.41 Å². The van der Waals surface area contributed by atoms with Gasteiger partial charge in [-0.25, -0.2) is 0 Å². The lowest BCUT2D eigenvalue weighted by Gasteiger charge is -2.26. The van der Waals surface area contributed by atoms with Gasteiger partial charge in [-0.15, -0.1) is 11.3 Å². The maximum absolute atomic E-state index is 2.38. The first-order chi connectivity index (χ1) is 26.0. The summed E-state index contributed by atoms with van der Waals surface area (Å²) in [4.78, 5) is 3.78. The molecule has 252 valence electrons. The van der Waals surface area contributed by atoms with Gasteiger partial charge in [0, 0.05) is 37.6 Å². The first-order valence-corrected chi connectivity index (χ1v) is 19.2. The van der Waals surface area contributed by atoms with Crippen molar-refractivity contribution < 1.29 is 0 Å². The number of hydrogen-bond donors (Lipinski definition) is 0. The Morgan fingerprint density at radius 3 is 1.68 bits per heavy atom. The Labute approximate surface area is 315 Å². The van der Waals surface area contributed by atoms with Crippen LogP contribution < -0.4 is 4.90 Å². The first kappa shape index (κ1) is 31.5. The zero-order valence-corrected chi connectivity index (χ0v) is 30.6. The lowest BCUT2D eigenvalue weighted by atomic mass is 9.81. The zero-order chi connectivity index (χ0) is 35.5. The van der Waals surface area contributed by atoms with Crippen LogP contribution in [-0.2, 0) is 5.41 Å². The third-order valence-corrected chi connectivity index (χ3v) is 12.3. The van der Waals surface area contributed by atoms with Gasteiger partial charge in [-0.3, -0.25) is 0 Å². The van der Waals surface area contributed by atoms with E-state index in [0.717, 1.165) is 17.1 Å². The lowest BCUT2D eigenvalue weighted by molar-refractivity contribution is 0.667. The predicted molar refractivity (Wildman–Crippen MR) is 228 cm³/mol. The van der Waals surface area contributed by atoms with E-state index < -0.39 is 0 Å². The van der Waals surface area contributed by atoms with Gasteiger partial charge in [-0.2, -0.15) is 0 Å². The molecule has 0 fully saturated rings. The van der Waals surface area contributed by atoms with Crippen molar-refractivity contribution in [2.45, 2.75) is 19.3 Å². The average molecular weight is 696 g/mol. The van der Waals surface area contributed by atoms with Crippen molar-refractivity contribution >= 4 is 49.3 Å². The number of hydrogen-bond acceptors (Lipinski definition) is 2. The number of anilines is 3. The second-order valence-corrected chi connectivity index (χ2v) is 15.6. The predicted octanol–water partition coefficient (Wildman–Crippen LogP) is 14.8. The second-order valence-electron chi connectivity index (χ2n) is 14.6. The summed E-state index contributed by atoms with van der Waals surface area (Å²) in [5.41, 5.74) is 15.0. The fourth-order valence-corrected chi connectivity index (χ4v) is 9.81. The van der Waals surface area contributed by atoms with Crippen LogP contribution in [0.15, 0.2) is 188 Å². The highest BCUT2D eigenvalue weighted by molar-refractivity contribution is 7.22. The number of nitrogens with zero attached hydrogens (tertiary/aromatic N) is 1. The Hall–Kier alpha value is -6.22. The second kappa shape index (κ2) is 12.5. The number of rotatable bonds is 6. The van der Waals surface area contributed by atoms with Gasteiger partial charge < -0.3 is 4.90 Å². The van der Waals surface area contributed by atoms with E-state index in [1.54, 1.807) is 0 Å². The molecule has 0 aliphatic heterocycles. The molecule has 0 amide bonds. The summed E-state index contributed by atoms with van der Waals surface area (Å²) >= 11 is 1.94. The Morgan fingerprint density at radius 1 is 0.434 bits per heavy atom. The van der Waals surface area contributed by atoms with Crippen molar-refractivity contribution in [1.82, 2.24) is 0 Å². The summed E-state index contributed by atoms with van der Waals surface area (Å²) in [7, 11) is 0. The number of fused-ring (bicyclic) bond motifs is 6. The van der Waals surface area contributed by atoms with Crippen LogP contribution >= 0.6 is 11.3 Å². The van der Waals surface area contributed by atoms with Crippen LogP contribution in [0.1, 0.15) is 25.0 Å². The molecule has 9 aromatic rings. The molecule has 0 saturated carbocycles. The Bertz CT molecular complexity index is 2770. The maximum atomic E-state index is 2.38. The van der Waals surface area contributed by atoms with Crippen LogP contribution in [0.25, 0.3) is 64.7 Å². The molecule has 0 radical (unpaired) electrons. The molecule has 8 aromatic carbocycles. The molecule has 53 heavy (non-hydrogen) atoms. The van der Waals surface area contributed by atoms with Gasteiger partial charge in [0.05, 0.1) is 0 Å². The van der Waals surface area contributed by atoms with Crippen LogP contribution in [0.2, 0.25) is 0 Å². The van der Waals surface area contributed by atoms with E-state index in [1.165, 1.54) is 75.8 Å². The molecule has 0 unspecified atom stereocenters. The fourth-order valence-electron chi connectivity index (χ4n) is 8.38. The van der Waals surface area contributed by atoms with E-state index in [2.05, 4.69) is 207 Å². The smallest absolute Gasteiger partial charge is 0.0468 e. The average Bonchev–Trinajstić information content (AvgIpc) is 3.72. The molecule has 0 saturated heterocycles. The van der Waals surface area contributed by atoms with Crippen LogP contribution in [0, 0.1) is 0 Å². The van der Waals surface area contributed by atoms with Crippen LogP contribution in [0.3, 0.4) is 0 Å². The van der Waals surface area contributed by atoms with E-state index in [0.29, 0.717) is 0 Å². The molecule has 10 rings (SSSR count). The first-order valence-electron chi connectivity index (χ1n) is 18.3. The molecule has 1 aliphatic rings. The van der Waals surface area contributed by atoms with Gasteiger partial charge >= 0.3 is 0 Å². The van der Waals surface area contributed by atoms with Crippen molar-refractivity contribution in [3.8, 4) is 43.8 Å². The molecule has 0 N–H and O–H groups in total. The topological polar surface area (TPSA) is 3.24 Å². The van der Waals surface area contributed by atoms with Gasteiger partial charge in [0.2, 0.25) is 0 Å². The monoisotopic (exact) mass is 695 g/mol. The quantitative estimate of drug-likeness (QED) is 0.167. The largest absolute Gasteiger partial charge is 0.310 e. The van der Waals surface area contributed by atoms with Gasteiger partial charge in [0.15, 0.2) is 0 Å². The summed E-state index contributed by atoms with van der Waals surface area (Å²) in [6.07, 6.45) is 0. The molecule has 0 bridgehead atoms. The highest BCUT2D eigenvalue weighted by Gasteiger charge is 2.39. The van der Waals surface area contributed by atoms with E-state index >= 15 is 0 Å². The van der Waals surface area contributed by atoms with Crippen molar-refractivity contribution in [3.63, 3.8) is 0 Å². The highest BCUT2D eigenvalue weighted by Crippen LogP contribution is 2.57. The standard InChI is InChI=1S/C51H37NS/c1-51(2)46-17-10-16-44(48(46)50-49(51)45-15-8-9-18-47(45)53-50)39-21-19-36(20-22-39)38-25-30-42(31-26-38)52(43-32-27-35-13-6-7-14-40(35)33-43)41-28-23-37(24-29-41)34-11-4-3-5-12-34/h3-33H,1-2H3. The van der Waals surface area contributed by atoms with Gasteiger partial charge in [-0.05, 0) is 103 Å². The lowest BCUT2D eigenvalue weighted by Crippen LogP contribution is -2.14. The third-order valence-electron chi connectivity index (χ3n) is 11.1. The Balaban J connectivity index is 0.994.